The van der Waals surface area contributed by atoms with Crippen LogP contribution in [0.3, 0.4) is 0 Å². The second kappa shape index (κ2) is 10.7. The highest BCUT2D eigenvalue weighted by Crippen LogP contribution is 2.34. The molecule has 0 bridgehead atoms. The summed E-state index contributed by atoms with van der Waals surface area (Å²) in [5.41, 5.74) is 5.05. The summed E-state index contributed by atoms with van der Waals surface area (Å²) < 4.78 is 0. The molecule has 160 valence electrons. The van der Waals surface area contributed by atoms with Gasteiger partial charge in [-0.05, 0) is 62.5 Å². The Hall–Kier alpha value is -3.20. The molecule has 0 radical (unpaired) electrons. The van der Waals surface area contributed by atoms with Crippen molar-refractivity contribution in [2.75, 3.05) is 6.54 Å². The molecule has 0 saturated heterocycles. The zero-order chi connectivity index (χ0) is 22.2. The van der Waals surface area contributed by atoms with Gasteiger partial charge in [-0.1, -0.05) is 68.3 Å². The van der Waals surface area contributed by atoms with Gasteiger partial charge in [0.05, 0.1) is 17.9 Å². The number of hydrogen-bond donors (Lipinski definition) is 0. The first-order valence-electron chi connectivity index (χ1n) is 11.1. The van der Waals surface area contributed by atoms with E-state index >= 15 is 0 Å². The number of rotatable bonds is 8. The van der Waals surface area contributed by atoms with Crippen LogP contribution in [-0.4, -0.2) is 22.3 Å². The van der Waals surface area contributed by atoms with E-state index < -0.39 is 0 Å². The Morgan fingerprint density at radius 1 is 1.13 bits per heavy atom. The van der Waals surface area contributed by atoms with Crippen molar-refractivity contribution in [1.29, 1.82) is 0 Å². The minimum absolute atomic E-state index is 0.0238. The maximum Gasteiger partial charge on any atom is 0.112 e. The Kier molecular flexibility index (Phi) is 7.77. The average molecular weight is 412 g/mol. The number of amidine groups is 1. The number of aliphatic imine (C=N–C) groups is 1. The number of hydrogen-bond acceptors (Lipinski definition) is 3. The maximum atomic E-state index is 5.22. The molecule has 0 saturated carbocycles. The van der Waals surface area contributed by atoms with Gasteiger partial charge in [0.25, 0.3) is 0 Å². The van der Waals surface area contributed by atoms with Gasteiger partial charge < -0.3 is 4.90 Å². The van der Waals surface area contributed by atoms with Crippen LogP contribution in [0.2, 0.25) is 0 Å². The van der Waals surface area contributed by atoms with E-state index in [1.165, 1.54) is 6.42 Å². The van der Waals surface area contributed by atoms with Crippen molar-refractivity contribution in [1.82, 2.24) is 9.88 Å². The van der Waals surface area contributed by atoms with Crippen molar-refractivity contribution in [3.8, 4) is 0 Å². The van der Waals surface area contributed by atoms with Crippen LogP contribution < -0.4 is 0 Å². The lowest BCUT2D eigenvalue weighted by Crippen LogP contribution is -2.33. The van der Waals surface area contributed by atoms with Crippen LogP contribution in [0.25, 0.3) is 12.2 Å². The first-order chi connectivity index (χ1) is 15.2. The van der Waals surface area contributed by atoms with Crippen LogP contribution in [0.4, 0.5) is 0 Å². The van der Waals surface area contributed by atoms with Crippen LogP contribution in [0.1, 0.15) is 56.1 Å². The lowest BCUT2D eigenvalue weighted by Gasteiger charge is -2.28. The Morgan fingerprint density at radius 2 is 1.94 bits per heavy atom. The molecule has 0 N–H and O–H groups in total. The van der Waals surface area contributed by atoms with Gasteiger partial charge in [-0.15, -0.1) is 0 Å². The number of aromatic nitrogens is 1. The van der Waals surface area contributed by atoms with Crippen molar-refractivity contribution in [2.24, 2.45) is 10.9 Å². The van der Waals surface area contributed by atoms with Crippen LogP contribution in [0.5, 0.6) is 0 Å². The van der Waals surface area contributed by atoms with Crippen LogP contribution in [0.15, 0.2) is 90.7 Å². The topological polar surface area (TPSA) is 28.5 Å². The quantitative estimate of drug-likeness (QED) is 0.338. The molecule has 2 heterocycles. The molecule has 31 heavy (non-hydrogen) atoms. The molecule has 3 nitrogen and oxygen atoms in total. The first-order valence-corrected chi connectivity index (χ1v) is 11.1. The minimum Gasteiger partial charge on any atom is -0.327 e. The van der Waals surface area contributed by atoms with Gasteiger partial charge in [-0.2, -0.15) is 0 Å². The van der Waals surface area contributed by atoms with Gasteiger partial charge in [0.15, 0.2) is 0 Å². The summed E-state index contributed by atoms with van der Waals surface area (Å²) in [6.07, 6.45) is 21.9. The number of pyridine rings is 1. The molecule has 2 atom stereocenters. The first kappa shape index (κ1) is 22.5. The Bertz CT molecular complexity index is 978. The predicted octanol–water partition coefficient (Wildman–Crippen LogP) is 7.07. The fourth-order valence-corrected chi connectivity index (χ4v) is 4.18. The minimum atomic E-state index is -0.0238. The van der Waals surface area contributed by atoms with Crippen molar-refractivity contribution in [3.05, 3.63) is 103 Å². The highest BCUT2D eigenvalue weighted by molar-refractivity contribution is 5.90. The molecule has 2 aliphatic rings. The summed E-state index contributed by atoms with van der Waals surface area (Å²) >= 11 is 0. The molecule has 1 aliphatic carbocycles. The van der Waals surface area contributed by atoms with E-state index in [4.69, 9.17) is 9.98 Å². The molecule has 2 unspecified atom stereocenters. The summed E-state index contributed by atoms with van der Waals surface area (Å²) in [5.74, 6) is 1.43. The summed E-state index contributed by atoms with van der Waals surface area (Å²) in [7, 11) is 0. The molecule has 1 aromatic rings. The van der Waals surface area contributed by atoms with E-state index in [2.05, 4.69) is 61.1 Å². The Labute approximate surface area is 187 Å². The third kappa shape index (κ3) is 4.93. The van der Waals surface area contributed by atoms with Gasteiger partial charge in [-0.25, -0.2) is 0 Å². The fourth-order valence-electron chi connectivity index (χ4n) is 4.18. The lowest BCUT2D eigenvalue weighted by atomic mass is 9.94. The normalized spacial score (nSPS) is 20.8. The smallest absolute Gasteiger partial charge is 0.112 e. The molecule has 3 rings (SSSR count). The summed E-state index contributed by atoms with van der Waals surface area (Å²) in [4.78, 5) is 12.5. The summed E-state index contributed by atoms with van der Waals surface area (Å²) in [6, 6.07) is 4.14. The van der Waals surface area contributed by atoms with Gasteiger partial charge in [0.1, 0.15) is 11.9 Å². The highest BCUT2D eigenvalue weighted by Gasteiger charge is 2.33. The second-order valence-corrected chi connectivity index (χ2v) is 7.74. The zero-order valence-corrected chi connectivity index (χ0v) is 18.8. The van der Waals surface area contributed by atoms with Crippen LogP contribution in [0, 0.1) is 5.92 Å². The van der Waals surface area contributed by atoms with Gasteiger partial charge in [0.2, 0.25) is 0 Å². The highest BCUT2D eigenvalue weighted by atomic mass is 15.3. The van der Waals surface area contributed by atoms with Crippen molar-refractivity contribution in [2.45, 2.75) is 39.2 Å². The van der Waals surface area contributed by atoms with E-state index in [1.807, 2.05) is 44.2 Å². The molecule has 0 spiro atoms. The predicted molar refractivity (Wildman–Crippen MR) is 135 cm³/mol. The van der Waals surface area contributed by atoms with Crippen LogP contribution >= 0.6 is 0 Å². The van der Waals surface area contributed by atoms with E-state index in [0.29, 0.717) is 5.92 Å². The van der Waals surface area contributed by atoms with E-state index in [-0.39, 0.29) is 6.04 Å². The Balaban J connectivity index is 2.08. The van der Waals surface area contributed by atoms with Gasteiger partial charge >= 0.3 is 0 Å². The Morgan fingerprint density at radius 3 is 2.55 bits per heavy atom. The zero-order valence-electron chi connectivity index (χ0n) is 18.8. The second-order valence-electron chi connectivity index (χ2n) is 7.74. The SMILES string of the molecule is C=CC(C=C)=C(/C=C\C)N1CC(c2ccc(C=C)c(/C=C\C)n2)N=C1C1C=CCCC1. The molecular weight excluding hydrogens is 378 g/mol. The standard InChI is InChI=1S/C28H33N3/c1-6-14-24-22(10-5)18-19-25(29-24)26-20-31(27(15-7-2)21(8-3)9-4)28(30-26)23-16-12-11-13-17-23/h6-10,12,14-16,18-19,23,26H,3-5,11,13,17,20H2,1-2H3/b14-6-,15-7-. The van der Waals surface area contributed by atoms with E-state index in [9.17, 15) is 0 Å². The third-order valence-electron chi connectivity index (χ3n) is 5.72. The van der Waals surface area contributed by atoms with Crippen molar-refractivity contribution < 1.29 is 0 Å². The average Bonchev–Trinajstić information content (AvgIpc) is 3.25. The molecular formula is C28H33N3. The van der Waals surface area contributed by atoms with Crippen molar-refractivity contribution >= 4 is 18.0 Å². The molecule has 0 fully saturated rings. The fraction of sp³-hybridized carbons (Fsp3) is 0.286. The van der Waals surface area contributed by atoms with Crippen molar-refractivity contribution in [3.63, 3.8) is 0 Å². The number of nitrogens with zero attached hydrogens (tertiary/aromatic N) is 3. The summed E-state index contributed by atoms with van der Waals surface area (Å²) in [5, 5.41) is 0. The molecule has 0 amide bonds. The molecule has 1 aromatic heterocycles. The monoisotopic (exact) mass is 411 g/mol. The van der Waals surface area contributed by atoms with E-state index in [1.54, 1.807) is 0 Å². The molecule has 1 aliphatic heterocycles. The summed E-state index contributed by atoms with van der Waals surface area (Å²) in [6.45, 7) is 16.7. The maximum absolute atomic E-state index is 5.22. The van der Waals surface area contributed by atoms with Gasteiger partial charge in [0, 0.05) is 11.6 Å². The molecule has 0 aromatic carbocycles. The van der Waals surface area contributed by atoms with Gasteiger partial charge in [-0.3, -0.25) is 9.98 Å². The lowest BCUT2D eigenvalue weighted by molar-refractivity contribution is 0.493. The molecule has 3 heteroatoms. The van der Waals surface area contributed by atoms with E-state index in [0.717, 1.165) is 53.4 Å². The third-order valence-corrected chi connectivity index (χ3v) is 5.72. The largest absolute Gasteiger partial charge is 0.327 e. The number of allylic oxidation sites excluding steroid dienone is 7. The van der Waals surface area contributed by atoms with Crippen LogP contribution in [-0.2, 0) is 0 Å².